The number of halogens is 1. The predicted molar refractivity (Wildman–Crippen MR) is 47.6 cm³/mol. The first kappa shape index (κ1) is 6.85. The normalized spacial score (nSPS) is 10.7. The van der Waals surface area contributed by atoms with E-state index in [4.69, 9.17) is 0 Å². The molecule has 0 saturated carbocycles. The fourth-order valence-corrected chi connectivity index (χ4v) is 1.37. The molecule has 2 heterocycles. The fourth-order valence-electron chi connectivity index (χ4n) is 1.04. The maximum absolute atomic E-state index is 4.12. The van der Waals surface area contributed by atoms with E-state index in [0.717, 1.165) is 9.99 Å². The van der Waals surface area contributed by atoms with Gasteiger partial charge in [0.25, 0.3) is 0 Å². The van der Waals surface area contributed by atoms with Gasteiger partial charge in [0.15, 0.2) is 0 Å². The van der Waals surface area contributed by atoms with Crippen LogP contribution in [0.25, 0.3) is 5.52 Å². The quantitative estimate of drug-likeness (QED) is 0.653. The lowest BCUT2D eigenvalue weighted by Crippen LogP contribution is -1.87. The third-order valence-electron chi connectivity index (χ3n) is 1.67. The molecule has 0 spiro atoms. The summed E-state index contributed by atoms with van der Waals surface area (Å²) in [5, 5.41) is 4.12. The highest BCUT2D eigenvalue weighted by Gasteiger charge is 1.97. The summed E-state index contributed by atoms with van der Waals surface area (Å²) in [6, 6.07) is 4.03. The van der Waals surface area contributed by atoms with E-state index in [1.165, 1.54) is 5.56 Å². The standard InChI is InChI=1S/C8H7BrN2/c1-6-5-11-7(2-3-10-11)4-8(6)9/h2-5H,1H3. The molecule has 2 rings (SSSR count). The molecular weight excluding hydrogens is 204 g/mol. The van der Waals surface area contributed by atoms with E-state index in [-0.39, 0.29) is 0 Å². The average Bonchev–Trinajstić information content (AvgIpc) is 2.36. The second kappa shape index (κ2) is 2.34. The Morgan fingerprint density at radius 2 is 2.36 bits per heavy atom. The molecule has 0 aliphatic rings. The maximum Gasteiger partial charge on any atom is 0.0672 e. The average molecular weight is 211 g/mol. The fraction of sp³-hybridized carbons (Fsp3) is 0.125. The van der Waals surface area contributed by atoms with Crippen LogP contribution in [0.1, 0.15) is 5.56 Å². The maximum atomic E-state index is 4.12. The second-order valence-corrected chi connectivity index (χ2v) is 3.36. The van der Waals surface area contributed by atoms with Crippen LogP contribution < -0.4 is 0 Å². The minimum atomic E-state index is 1.11. The lowest BCUT2D eigenvalue weighted by Gasteiger charge is -1.98. The van der Waals surface area contributed by atoms with Gasteiger partial charge in [-0.15, -0.1) is 0 Å². The van der Waals surface area contributed by atoms with Crippen LogP contribution in [0.2, 0.25) is 0 Å². The minimum Gasteiger partial charge on any atom is -0.241 e. The highest BCUT2D eigenvalue weighted by molar-refractivity contribution is 9.10. The molecule has 0 radical (unpaired) electrons. The molecule has 0 fully saturated rings. The van der Waals surface area contributed by atoms with Crippen molar-refractivity contribution in [1.29, 1.82) is 0 Å². The van der Waals surface area contributed by atoms with Crippen molar-refractivity contribution >= 4 is 21.4 Å². The summed E-state index contributed by atoms with van der Waals surface area (Å²) in [4.78, 5) is 0. The zero-order valence-corrected chi connectivity index (χ0v) is 7.67. The van der Waals surface area contributed by atoms with Crippen molar-refractivity contribution in [1.82, 2.24) is 9.61 Å². The van der Waals surface area contributed by atoms with E-state index in [2.05, 4.69) is 27.1 Å². The molecular formula is C8H7BrN2. The zero-order chi connectivity index (χ0) is 7.84. The molecule has 0 N–H and O–H groups in total. The van der Waals surface area contributed by atoms with E-state index >= 15 is 0 Å². The number of fused-ring (bicyclic) bond motifs is 1. The van der Waals surface area contributed by atoms with Gasteiger partial charge in [0, 0.05) is 16.9 Å². The van der Waals surface area contributed by atoms with Crippen LogP contribution in [0.3, 0.4) is 0 Å². The molecule has 2 aromatic rings. The topological polar surface area (TPSA) is 17.3 Å². The first-order valence-corrected chi connectivity index (χ1v) is 4.16. The second-order valence-electron chi connectivity index (χ2n) is 2.51. The van der Waals surface area contributed by atoms with Crippen LogP contribution in [-0.4, -0.2) is 9.61 Å². The summed E-state index contributed by atoms with van der Waals surface area (Å²) in [5.41, 5.74) is 2.31. The number of hydrogen-bond acceptors (Lipinski definition) is 1. The SMILES string of the molecule is Cc1cn2nccc2cc1Br. The van der Waals surface area contributed by atoms with Gasteiger partial charge in [-0.3, -0.25) is 0 Å². The van der Waals surface area contributed by atoms with Crippen molar-refractivity contribution in [3.63, 3.8) is 0 Å². The van der Waals surface area contributed by atoms with Crippen molar-refractivity contribution in [2.45, 2.75) is 6.92 Å². The number of aryl methyl sites for hydroxylation is 1. The van der Waals surface area contributed by atoms with E-state index in [1.807, 2.05) is 23.7 Å². The predicted octanol–water partition coefficient (Wildman–Crippen LogP) is 2.41. The number of nitrogens with zero attached hydrogens (tertiary/aromatic N) is 2. The van der Waals surface area contributed by atoms with E-state index < -0.39 is 0 Å². The van der Waals surface area contributed by atoms with Gasteiger partial charge in [-0.25, -0.2) is 4.52 Å². The van der Waals surface area contributed by atoms with Crippen LogP contribution in [0.15, 0.2) is 29.0 Å². The lowest BCUT2D eigenvalue weighted by atomic mass is 10.3. The molecule has 0 saturated heterocycles. The summed E-state index contributed by atoms with van der Waals surface area (Å²) in [6.07, 6.45) is 3.79. The third-order valence-corrected chi connectivity index (χ3v) is 2.52. The smallest absolute Gasteiger partial charge is 0.0672 e. The largest absolute Gasteiger partial charge is 0.241 e. The molecule has 0 unspecified atom stereocenters. The highest BCUT2D eigenvalue weighted by Crippen LogP contribution is 2.17. The summed E-state index contributed by atoms with van der Waals surface area (Å²) < 4.78 is 2.99. The molecule has 2 aromatic heterocycles. The first-order valence-electron chi connectivity index (χ1n) is 3.37. The Balaban J connectivity index is 2.86. The van der Waals surface area contributed by atoms with Crippen LogP contribution >= 0.6 is 15.9 Å². The van der Waals surface area contributed by atoms with Crippen molar-refractivity contribution < 1.29 is 0 Å². The van der Waals surface area contributed by atoms with Crippen LogP contribution in [0.5, 0.6) is 0 Å². The molecule has 11 heavy (non-hydrogen) atoms. The van der Waals surface area contributed by atoms with Gasteiger partial charge in [0.05, 0.1) is 5.52 Å². The van der Waals surface area contributed by atoms with Crippen molar-refractivity contribution in [2.24, 2.45) is 0 Å². The summed E-state index contributed by atoms with van der Waals surface area (Å²) in [7, 11) is 0. The molecule has 0 aromatic carbocycles. The first-order chi connectivity index (χ1) is 5.27. The van der Waals surface area contributed by atoms with E-state index in [9.17, 15) is 0 Å². The summed E-state index contributed by atoms with van der Waals surface area (Å²) >= 11 is 3.46. The van der Waals surface area contributed by atoms with E-state index in [1.54, 1.807) is 6.20 Å². The summed E-state index contributed by atoms with van der Waals surface area (Å²) in [5.74, 6) is 0. The van der Waals surface area contributed by atoms with Crippen molar-refractivity contribution in [3.05, 3.63) is 34.6 Å². The monoisotopic (exact) mass is 210 g/mol. The van der Waals surface area contributed by atoms with Gasteiger partial charge < -0.3 is 0 Å². The summed E-state index contributed by atoms with van der Waals surface area (Å²) in [6.45, 7) is 2.05. The van der Waals surface area contributed by atoms with Crippen molar-refractivity contribution in [3.8, 4) is 0 Å². The van der Waals surface area contributed by atoms with Crippen LogP contribution in [0.4, 0.5) is 0 Å². The van der Waals surface area contributed by atoms with Gasteiger partial charge in [-0.1, -0.05) is 15.9 Å². The number of rotatable bonds is 0. The van der Waals surface area contributed by atoms with Gasteiger partial charge in [-0.05, 0) is 24.6 Å². The Hall–Kier alpha value is -0.830. The van der Waals surface area contributed by atoms with Crippen LogP contribution in [-0.2, 0) is 0 Å². The molecule has 0 amide bonds. The molecule has 0 aliphatic carbocycles. The molecule has 3 heteroatoms. The Morgan fingerprint density at radius 3 is 3.18 bits per heavy atom. The molecule has 56 valence electrons. The van der Waals surface area contributed by atoms with Gasteiger partial charge in [0.2, 0.25) is 0 Å². The van der Waals surface area contributed by atoms with E-state index in [0.29, 0.717) is 0 Å². The zero-order valence-electron chi connectivity index (χ0n) is 6.08. The van der Waals surface area contributed by atoms with Crippen LogP contribution in [0, 0.1) is 6.92 Å². The Kier molecular flexibility index (Phi) is 1.46. The minimum absolute atomic E-state index is 1.11. The molecule has 0 bridgehead atoms. The highest BCUT2D eigenvalue weighted by atomic mass is 79.9. The molecule has 0 atom stereocenters. The third kappa shape index (κ3) is 1.05. The Bertz CT molecular complexity index is 356. The molecule has 0 aliphatic heterocycles. The Labute approximate surface area is 73.0 Å². The van der Waals surface area contributed by atoms with Gasteiger partial charge >= 0.3 is 0 Å². The van der Waals surface area contributed by atoms with Crippen molar-refractivity contribution in [2.75, 3.05) is 0 Å². The number of aromatic nitrogens is 2. The van der Waals surface area contributed by atoms with Gasteiger partial charge in [0.1, 0.15) is 0 Å². The number of pyridine rings is 1. The Morgan fingerprint density at radius 1 is 1.55 bits per heavy atom. The van der Waals surface area contributed by atoms with Gasteiger partial charge in [-0.2, -0.15) is 5.10 Å². The number of hydrogen-bond donors (Lipinski definition) is 0. The molecule has 2 nitrogen and oxygen atoms in total. The lowest BCUT2D eigenvalue weighted by molar-refractivity contribution is 0.949.